The Balaban J connectivity index is 1.93. The van der Waals surface area contributed by atoms with E-state index in [0.29, 0.717) is 12.0 Å². The van der Waals surface area contributed by atoms with Gasteiger partial charge in [0.1, 0.15) is 0 Å². The number of hydrogen-bond donors (Lipinski definition) is 1. The molecule has 0 spiro atoms. The van der Waals surface area contributed by atoms with Crippen LogP contribution in [0.2, 0.25) is 0 Å². The molecule has 1 atom stereocenters. The van der Waals surface area contributed by atoms with E-state index >= 15 is 0 Å². The molecule has 3 nitrogen and oxygen atoms in total. The molecule has 3 rings (SSSR count). The van der Waals surface area contributed by atoms with Crippen LogP contribution in [0.3, 0.4) is 0 Å². The number of imidazole rings is 1. The molecule has 0 bridgehead atoms. The molecular formula is C16H21N3. The fraction of sp³-hybridized carbons (Fsp3) is 0.438. The fourth-order valence-corrected chi connectivity index (χ4v) is 3.26. The number of nitrogens with two attached hydrogens (primary N) is 1. The smallest absolute Gasteiger partial charge is 0.0951 e. The zero-order valence-corrected chi connectivity index (χ0v) is 11.2. The summed E-state index contributed by atoms with van der Waals surface area (Å²) in [6.07, 6.45) is 12.6. The van der Waals surface area contributed by atoms with Gasteiger partial charge in [0.15, 0.2) is 0 Å². The molecule has 0 amide bonds. The standard InChI is InChI=1S/C16H21N3/c17-15-8-6-14(7-9-15)16(19-11-10-18-12-19)13-4-2-1-3-5-13/h6-13,16H,1-5,17H2. The highest BCUT2D eigenvalue weighted by Crippen LogP contribution is 2.37. The van der Waals surface area contributed by atoms with Gasteiger partial charge in [0.25, 0.3) is 0 Å². The van der Waals surface area contributed by atoms with Crippen LogP contribution in [0, 0.1) is 5.92 Å². The number of nitrogens with zero attached hydrogens (tertiary/aromatic N) is 2. The monoisotopic (exact) mass is 255 g/mol. The van der Waals surface area contributed by atoms with Crippen LogP contribution in [-0.4, -0.2) is 9.55 Å². The molecule has 3 heteroatoms. The molecule has 1 unspecified atom stereocenters. The predicted octanol–water partition coefficient (Wildman–Crippen LogP) is 3.64. The Morgan fingerprint density at radius 1 is 1.11 bits per heavy atom. The molecule has 1 aliphatic carbocycles. The van der Waals surface area contributed by atoms with Gasteiger partial charge in [-0.15, -0.1) is 0 Å². The second-order valence-electron chi connectivity index (χ2n) is 5.52. The van der Waals surface area contributed by atoms with Crippen LogP contribution < -0.4 is 5.73 Å². The van der Waals surface area contributed by atoms with Gasteiger partial charge < -0.3 is 10.3 Å². The maximum atomic E-state index is 5.80. The van der Waals surface area contributed by atoms with E-state index in [1.165, 1.54) is 37.7 Å². The second kappa shape index (κ2) is 5.47. The molecule has 1 aliphatic rings. The van der Waals surface area contributed by atoms with E-state index in [4.69, 9.17) is 5.73 Å². The summed E-state index contributed by atoms with van der Waals surface area (Å²) < 4.78 is 2.25. The molecule has 0 aliphatic heterocycles. The minimum absolute atomic E-state index is 0.406. The first kappa shape index (κ1) is 12.3. The third-order valence-electron chi connectivity index (χ3n) is 4.22. The highest BCUT2D eigenvalue weighted by atomic mass is 15.1. The molecule has 2 aromatic rings. The Labute approximate surface area is 114 Å². The average Bonchev–Trinajstić information content (AvgIpc) is 2.96. The SMILES string of the molecule is Nc1ccc(C(C2CCCCC2)n2ccnc2)cc1. The summed E-state index contributed by atoms with van der Waals surface area (Å²) in [4.78, 5) is 4.22. The summed E-state index contributed by atoms with van der Waals surface area (Å²) in [5.74, 6) is 0.714. The van der Waals surface area contributed by atoms with Crippen molar-refractivity contribution in [3.05, 3.63) is 48.5 Å². The zero-order valence-electron chi connectivity index (χ0n) is 11.2. The molecule has 1 heterocycles. The summed E-state index contributed by atoms with van der Waals surface area (Å²) >= 11 is 0. The van der Waals surface area contributed by atoms with E-state index in [1.807, 2.05) is 24.7 Å². The van der Waals surface area contributed by atoms with Crippen molar-refractivity contribution < 1.29 is 0 Å². The first-order chi connectivity index (χ1) is 9.34. The van der Waals surface area contributed by atoms with Gasteiger partial charge in [0.2, 0.25) is 0 Å². The maximum Gasteiger partial charge on any atom is 0.0951 e. The van der Waals surface area contributed by atoms with E-state index < -0.39 is 0 Å². The molecule has 1 aromatic heterocycles. The van der Waals surface area contributed by atoms with Crippen LogP contribution in [0.25, 0.3) is 0 Å². The van der Waals surface area contributed by atoms with Crippen molar-refractivity contribution in [1.82, 2.24) is 9.55 Å². The van der Waals surface area contributed by atoms with Crippen molar-refractivity contribution >= 4 is 5.69 Å². The summed E-state index contributed by atoms with van der Waals surface area (Å²) in [5.41, 5.74) is 7.98. The average molecular weight is 255 g/mol. The van der Waals surface area contributed by atoms with E-state index in [2.05, 4.69) is 27.9 Å². The molecule has 19 heavy (non-hydrogen) atoms. The lowest BCUT2D eigenvalue weighted by atomic mass is 9.81. The summed E-state index contributed by atoms with van der Waals surface area (Å²) in [6.45, 7) is 0. The molecule has 2 N–H and O–H groups in total. The lowest BCUT2D eigenvalue weighted by Gasteiger charge is -2.31. The van der Waals surface area contributed by atoms with Gasteiger partial charge in [-0.3, -0.25) is 0 Å². The first-order valence-corrected chi connectivity index (χ1v) is 7.17. The lowest BCUT2D eigenvalue weighted by molar-refractivity contribution is 0.279. The van der Waals surface area contributed by atoms with Crippen molar-refractivity contribution in [2.45, 2.75) is 38.1 Å². The minimum atomic E-state index is 0.406. The van der Waals surface area contributed by atoms with Gasteiger partial charge >= 0.3 is 0 Å². The molecule has 1 fully saturated rings. The number of hydrogen-bond acceptors (Lipinski definition) is 2. The van der Waals surface area contributed by atoms with E-state index in [0.717, 1.165) is 5.69 Å². The quantitative estimate of drug-likeness (QED) is 0.851. The molecule has 100 valence electrons. The van der Waals surface area contributed by atoms with Gasteiger partial charge in [-0.25, -0.2) is 4.98 Å². The summed E-state index contributed by atoms with van der Waals surface area (Å²) in [7, 11) is 0. The van der Waals surface area contributed by atoms with Crippen molar-refractivity contribution in [2.75, 3.05) is 5.73 Å². The van der Waals surface area contributed by atoms with Crippen molar-refractivity contribution in [3.8, 4) is 0 Å². The van der Waals surface area contributed by atoms with Crippen molar-refractivity contribution in [2.24, 2.45) is 5.92 Å². The number of benzene rings is 1. The number of anilines is 1. The van der Waals surface area contributed by atoms with Crippen LogP contribution in [0.1, 0.15) is 43.7 Å². The number of aromatic nitrogens is 2. The van der Waals surface area contributed by atoms with Crippen LogP contribution in [0.5, 0.6) is 0 Å². The summed E-state index contributed by atoms with van der Waals surface area (Å²) in [5, 5.41) is 0. The number of rotatable bonds is 3. The van der Waals surface area contributed by atoms with Gasteiger partial charge in [-0.05, 0) is 36.5 Å². The molecule has 0 radical (unpaired) electrons. The largest absolute Gasteiger partial charge is 0.399 e. The Hall–Kier alpha value is -1.77. The summed E-state index contributed by atoms with van der Waals surface area (Å²) in [6, 6.07) is 8.73. The van der Waals surface area contributed by atoms with Crippen LogP contribution >= 0.6 is 0 Å². The van der Waals surface area contributed by atoms with Gasteiger partial charge in [0, 0.05) is 18.1 Å². The molecule has 1 saturated carbocycles. The number of nitrogen functional groups attached to an aromatic ring is 1. The predicted molar refractivity (Wildman–Crippen MR) is 77.8 cm³/mol. The van der Waals surface area contributed by atoms with Gasteiger partial charge in [-0.2, -0.15) is 0 Å². The third kappa shape index (κ3) is 2.65. The normalized spacial score (nSPS) is 18.3. The van der Waals surface area contributed by atoms with Gasteiger partial charge in [-0.1, -0.05) is 31.4 Å². The van der Waals surface area contributed by atoms with Crippen LogP contribution in [0.4, 0.5) is 5.69 Å². The lowest BCUT2D eigenvalue weighted by Crippen LogP contribution is -2.22. The minimum Gasteiger partial charge on any atom is -0.399 e. The van der Waals surface area contributed by atoms with Crippen molar-refractivity contribution in [1.29, 1.82) is 0 Å². The molecular weight excluding hydrogens is 234 g/mol. The fourth-order valence-electron chi connectivity index (χ4n) is 3.26. The third-order valence-corrected chi connectivity index (χ3v) is 4.22. The van der Waals surface area contributed by atoms with Crippen LogP contribution in [0.15, 0.2) is 43.0 Å². The van der Waals surface area contributed by atoms with E-state index in [9.17, 15) is 0 Å². The highest BCUT2D eigenvalue weighted by molar-refractivity contribution is 5.40. The second-order valence-corrected chi connectivity index (χ2v) is 5.52. The van der Waals surface area contributed by atoms with Gasteiger partial charge in [0.05, 0.1) is 12.4 Å². The highest BCUT2D eigenvalue weighted by Gasteiger charge is 2.26. The Kier molecular flexibility index (Phi) is 3.53. The Bertz CT molecular complexity index is 495. The zero-order chi connectivity index (χ0) is 13.1. The Morgan fingerprint density at radius 2 is 1.84 bits per heavy atom. The van der Waals surface area contributed by atoms with E-state index in [1.54, 1.807) is 0 Å². The molecule has 1 aromatic carbocycles. The van der Waals surface area contributed by atoms with Crippen molar-refractivity contribution in [3.63, 3.8) is 0 Å². The maximum absolute atomic E-state index is 5.80. The molecule has 0 saturated heterocycles. The first-order valence-electron chi connectivity index (χ1n) is 7.17. The van der Waals surface area contributed by atoms with Crippen LogP contribution in [-0.2, 0) is 0 Å². The Morgan fingerprint density at radius 3 is 2.47 bits per heavy atom. The topological polar surface area (TPSA) is 43.8 Å². The van der Waals surface area contributed by atoms with E-state index in [-0.39, 0.29) is 0 Å².